The van der Waals surface area contributed by atoms with E-state index in [1.54, 1.807) is 0 Å². The Kier molecular flexibility index (Phi) is 11.5. The molecular formula is C53H51IrN3Si-2. The van der Waals surface area contributed by atoms with Gasteiger partial charge in [-0.05, 0) is 74.7 Å². The molecule has 0 saturated carbocycles. The van der Waals surface area contributed by atoms with E-state index in [-0.39, 0.29) is 30.9 Å². The Morgan fingerprint density at radius 3 is 2.05 bits per heavy atom. The van der Waals surface area contributed by atoms with E-state index in [9.17, 15) is 0 Å². The van der Waals surface area contributed by atoms with E-state index < -0.39 is 8.07 Å². The number of nitrogens with zero attached hydrogens (tertiary/aromatic N) is 3. The molecule has 0 amide bonds. The minimum Gasteiger partial charge on any atom is -0.333 e. The predicted octanol–water partition coefficient (Wildman–Crippen LogP) is 13.1. The van der Waals surface area contributed by atoms with Crippen LogP contribution in [0.25, 0.3) is 61.6 Å². The molecule has 6 aromatic carbocycles. The Balaban J connectivity index is 0.000000200. The number of pyridine rings is 1. The summed E-state index contributed by atoms with van der Waals surface area (Å²) in [6.07, 6.45) is 3.21. The summed E-state index contributed by atoms with van der Waals surface area (Å²) in [4.78, 5) is 9.80. The number of fused-ring (bicyclic) bond motifs is 4. The molecule has 0 aliphatic heterocycles. The number of hydrogen-bond donors (Lipinski definition) is 0. The van der Waals surface area contributed by atoms with Crippen molar-refractivity contribution in [2.45, 2.75) is 66.1 Å². The number of aromatic nitrogens is 3. The molecule has 0 fully saturated rings. The van der Waals surface area contributed by atoms with Crippen molar-refractivity contribution >= 4 is 24.3 Å². The Labute approximate surface area is 359 Å². The molecule has 1 aliphatic rings. The van der Waals surface area contributed by atoms with Gasteiger partial charge in [0.2, 0.25) is 0 Å². The van der Waals surface area contributed by atoms with E-state index in [2.05, 4.69) is 198 Å². The van der Waals surface area contributed by atoms with E-state index in [0.29, 0.717) is 0 Å². The smallest absolute Gasteiger partial charge is 0.0798 e. The molecule has 0 spiro atoms. The van der Waals surface area contributed by atoms with Crippen LogP contribution in [0, 0.1) is 17.5 Å². The van der Waals surface area contributed by atoms with Crippen molar-refractivity contribution in [3.05, 3.63) is 181 Å². The molecule has 5 heteroatoms. The van der Waals surface area contributed by atoms with Crippen LogP contribution in [0.15, 0.2) is 152 Å². The fourth-order valence-electron chi connectivity index (χ4n) is 8.26. The first-order valence-electron chi connectivity index (χ1n) is 20.0. The normalized spacial score (nSPS) is 12.9. The monoisotopic (exact) mass is 950 g/mol. The Morgan fingerprint density at radius 1 is 0.672 bits per heavy atom. The molecule has 58 heavy (non-hydrogen) atoms. The summed E-state index contributed by atoms with van der Waals surface area (Å²) in [5.74, 6) is 0.911. The van der Waals surface area contributed by atoms with Crippen molar-refractivity contribution in [3.8, 4) is 50.6 Å². The molecule has 0 atom stereocenters. The van der Waals surface area contributed by atoms with Gasteiger partial charge in [0.15, 0.2) is 0 Å². The summed E-state index contributed by atoms with van der Waals surface area (Å²) in [5.41, 5.74) is 15.7. The van der Waals surface area contributed by atoms with Crippen LogP contribution in [0.5, 0.6) is 0 Å². The fraction of sp³-hybridized carbons (Fsp3) is 0.208. The average molecular weight is 950 g/mol. The summed E-state index contributed by atoms with van der Waals surface area (Å²) in [5, 5.41) is 1.48. The molecule has 1 aliphatic carbocycles. The molecule has 0 unspecified atom stereocenters. The van der Waals surface area contributed by atoms with Crippen molar-refractivity contribution in [1.29, 1.82) is 0 Å². The first-order chi connectivity index (χ1) is 27.3. The molecule has 0 N–H and O–H groups in total. The van der Waals surface area contributed by atoms with Gasteiger partial charge in [0.25, 0.3) is 0 Å². The quantitative estimate of drug-likeness (QED) is 0.123. The number of para-hydroxylation sites is 2. The second-order valence-corrected chi connectivity index (χ2v) is 23.0. The molecule has 3 nitrogen and oxygen atoms in total. The van der Waals surface area contributed by atoms with Crippen LogP contribution in [-0.2, 0) is 31.9 Å². The van der Waals surface area contributed by atoms with E-state index in [1.807, 2.05) is 24.3 Å². The Bertz CT molecular complexity index is 2680. The van der Waals surface area contributed by atoms with Gasteiger partial charge >= 0.3 is 0 Å². The van der Waals surface area contributed by atoms with Gasteiger partial charge in [-0.25, -0.2) is 0 Å². The topological polar surface area (TPSA) is 30.7 Å². The van der Waals surface area contributed by atoms with Crippen molar-refractivity contribution in [2.75, 3.05) is 0 Å². The van der Waals surface area contributed by atoms with Crippen molar-refractivity contribution in [2.24, 2.45) is 5.41 Å². The standard InChI is InChI=1S/C34H25N2.C19H26NSi.Ir/c1-34(2)29-13-7-6-12-27(29)28-22-25(18-21-30(28)34)33-35-31-14-8-9-15-32(31)36(33)26-19-16-24(17-20-26)23-10-4-3-5-11-23;1-19(2,3)13-16-12-17(15-10-8-7-9-11-15)20-14-18(16)21(4,5)6;/h3-17,19-22H,1-2H3;7-10,12,14H,13H2,1-6H3;/q2*-1;. The average Bonchev–Trinajstić information content (AvgIpc) is 3.70. The molecule has 0 saturated heterocycles. The predicted molar refractivity (Wildman–Crippen MR) is 243 cm³/mol. The third-order valence-corrected chi connectivity index (χ3v) is 13.1. The molecule has 293 valence electrons. The second-order valence-electron chi connectivity index (χ2n) is 18.0. The number of rotatable bonds is 6. The minimum atomic E-state index is -1.37. The zero-order chi connectivity index (χ0) is 40.0. The van der Waals surface area contributed by atoms with Crippen LogP contribution in [0.4, 0.5) is 0 Å². The van der Waals surface area contributed by atoms with E-state index in [1.165, 1.54) is 44.1 Å². The molecular weight excluding hydrogens is 899 g/mol. The number of benzene rings is 6. The number of imidazole rings is 1. The molecule has 2 aromatic heterocycles. The summed E-state index contributed by atoms with van der Waals surface area (Å²) >= 11 is 0. The van der Waals surface area contributed by atoms with Gasteiger partial charge in [0.1, 0.15) is 0 Å². The van der Waals surface area contributed by atoms with Gasteiger partial charge in [-0.2, -0.15) is 0 Å². The van der Waals surface area contributed by atoms with Crippen LogP contribution in [0.3, 0.4) is 0 Å². The molecule has 0 bridgehead atoms. The molecule has 8 aromatic rings. The Morgan fingerprint density at radius 2 is 1.34 bits per heavy atom. The summed E-state index contributed by atoms with van der Waals surface area (Å²) < 4.78 is 2.26. The van der Waals surface area contributed by atoms with Crippen LogP contribution in [0.2, 0.25) is 19.6 Å². The Hall–Kier alpha value is -5.19. The van der Waals surface area contributed by atoms with Gasteiger partial charge in [-0.1, -0.05) is 150 Å². The summed E-state index contributed by atoms with van der Waals surface area (Å²) in [6.45, 7) is 18.7. The van der Waals surface area contributed by atoms with Gasteiger partial charge in [0.05, 0.1) is 24.9 Å². The molecule has 2 heterocycles. The zero-order valence-electron chi connectivity index (χ0n) is 34.8. The van der Waals surface area contributed by atoms with Gasteiger partial charge < -0.3 is 9.55 Å². The van der Waals surface area contributed by atoms with Crippen molar-refractivity contribution in [3.63, 3.8) is 0 Å². The van der Waals surface area contributed by atoms with Crippen molar-refractivity contribution in [1.82, 2.24) is 14.5 Å². The van der Waals surface area contributed by atoms with Crippen LogP contribution in [-0.4, -0.2) is 22.6 Å². The SMILES string of the molecule is CC(C)(C)Cc1cc(-c2[c-]cccc2)ncc1[Si](C)(C)C.CC1(C)c2c[c-]c(-c3nc4ccccc4n3-c3ccc(-c4ccccc4)cc3)cc2-c2ccccc21.[Ir]. The first kappa shape index (κ1) is 41.0. The zero-order valence-corrected chi connectivity index (χ0v) is 38.2. The maximum absolute atomic E-state index is 5.09. The van der Waals surface area contributed by atoms with E-state index in [0.717, 1.165) is 45.8 Å². The first-order valence-corrected chi connectivity index (χ1v) is 23.5. The van der Waals surface area contributed by atoms with E-state index in [4.69, 9.17) is 9.97 Å². The van der Waals surface area contributed by atoms with Crippen molar-refractivity contribution < 1.29 is 20.1 Å². The van der Waals surface area contributed by atoms with E-state index >= 15 is 0 Å². The largest absolute Gasteiger partial charge is 0.333 e. The summed E-state index contributed by atoms with van der Waals surface area (Å²) in [6, 6.07) is 58.0. The van der Waals surface area contributed by atoms with Gasteiger partial charge in [-0.3, -0.25) is 4.98 Å². The molecule has 9 rings (SSSR count). The van der Waals surface area contributed by atoms with Crippen LogP contribution >= 0.6 is 0 Å². The third kappa shape index (κ3) is 8.22. The number of hydrogen-bond acceptors (Lipinski definition) is 2. The maximum atomic E-state index is 5.09. The van der Waals surface area contributed by atoms with Gasteiger partial charge in [-0.15, -0.1) is 65.2 Å². The second kappa shape index (κ2) is 16.2. The molecule has 1 radical (unpaired) electrons. The minimum absolute atomic E-state index is 0. The van der Waals surface area contributed by atoms with Crippen LogP contribution < -0.4 is 5.19 Å². The summed E-state index contributed by atoms with van der Waals surface area (Å²) in [7, 11) is -1.37. The third-order valence-electron chi connectivity index (χ3n) is 11.1. The van der Waals surface area contributed by atoms with Crippen LogP contribution in [0.1, 0.15) is 51.3 Å². The maximum Gasteiger partial charge on any atom is 0.0798 e. The fourth-order valence-corrected chi connectivity index (χ4v) is 9.84. The van der Waals surface area contributed by atoms with Gasteiger partial charge in [0, 0.05) is 32.0 Å².